The maximum Gasteiger partial charge on any atom is 0.249 e. The Morgan fingerprint density at radius 3 is 2.88 bits per heavy atom. The molecule has 136 valence electrons. The first kappa shape index (κ1) is 17.9. The van der Waals surface area contributed by atoms with Crippen molar-refractivity contribution in [2.24, 2.45) is 0 Å². The van der Waals surface area contributed by atoms with Gasteiger partial charge in [0.25, 0.3) is 0 Å². The van der Waals surface area contributed by atoms with Crippen LogP contribution in [-0.2, 0) is 22.5 Å². The first-order chi connectivity index (χ1) is 12.6. The molecule has 0 atom stereocenters. The Morgan fingerprint density at radius 1 is 1.27 bits per heavy atom. The lowest BCUT2D eigenvalue weighted by atomic mass is 10.2. The molecular weight excluding hydrogens is 339 g/mol. The molecule has 0 saturated heterocycles. The Morgan fingerprint density at radius 2 is 2.12 bits per heavy atom. The van der Waals surface area contributed by atoms with E-state index in [1.165, 1.54) is 6.07 Å². The van der Waals surface area contributed by atoms with Crippen molar-refractivity contribution in [1.82, 2.24) is 10.5 Å². The van der Waals surface area contributed by atoms with E-state index in [0.717, 1.165) is 12.2 Å². The highest BCUT2D eigenvalue weighted by Gasteiger charge is 2.16. The molecule has 0 spiro atoms. The molecule has 0 aliphatic heterocycles. The van der Waals surface area contributed by atoms with Crippen molar-refractivity contribution in [2.45, 2.75) is 26.2 Å². The number of hydrogen-bond donors (Lipinski definition) is 1. The van der Waals surface area contributed by atoms with Crippen molar-refractivity contribution < 1.29 is 22.9 Å². The van der Waals surface area contributed by atoms with E-state index in [0.29, 0.717) is 24.5 Å². The molecule has 1 amide bonds. The third kappa shape index (κ3) is 4.58. The first-order valence-corrected chi connectivity index (χ1v) is 8.27. The van der Waals surface area contributed by atoms with Gasteiger partial charge in [0, 0.05) is 6.42 Å². The summed E-state index contributed by atoms with van der Waals surface area (Å²) in [6.07, 6.45) is 3.06. The zero-order valence-electron chi connectivity index (χ0n) is 14.3. The van der Waals surface area contributed by atoms with Gasteiger partial charge in [-0.15, -0.1) is 0 Å². The van der Waals surface area contributed by atoms with Crippen molar-refractivity contribution >= 4 is 5.91 Å². The summed E-state index contributed by atoms with van der Waals surface area (Å²) in [5.41, 5.74) is 3.08. The van der Waals surface area contributed by atoms with E-state index < -0.39 is 5.82 Å². The molecule has 0 bridgehead atoms. The second-order valence-electron chi connectivity index (χ2n) is 5.74. The van der Waals surface area contributed by atoms with Gasteiger partial charge < -0.3 is 8.83 Å². The fourth-order valence-corrected chi connectivity index (χ4v) is 2.43. The summed E-state index contributed by atoms with van der Waals surface area (Å²) in [5, 5.41) is 0. The Hall–Kier alpha value is -2.93. The molecule has 0 aliphatic rings. The molecular formula is C19H19FN2O4. The second-order valence-corrected chi connectivity index (χ2v) is 5.74. The van der Waals surface area contributed by atoms with Gasteiger partial charge in [-0.3, -0.25) is 9.63 Å². The van der Waals surface area contributed by atoms with E-state index in [2.05, 4.69) is 10.5 Å². The molecule has 26 heavy (non-hydrogen) atoms. The van der Waals surface area contributed by atoms with Gasteiger partial charge in [0.1, 0.15) is 17.3 Å². The normalized spacial score (nSPS) is 10.8. The summed E-state index contributed by atoms with van der Waals surface area (Å²) < 4.78 is 24.5. The van der Waals surface area contributed by atoms with E-state index in [-0.39, 0.29) is 23.8 Å². The minimum absolute atomic E-state index is 0.0119. The van der Waals surface area contributed by atoms with Gasteiger partial charge >= 0.3 is 0 Å². The van der Waals surface area contributed by atoms with Crippen LogP contribution in [0.2, 0.25) is 0 Å². The van der Waals surface area contributed by atoms with Gasteiger partial charge in [-0.2, -0.15) is 0 Å². The molecule has 1 aromatic carbocycles. The predicted molar refractivity (Wildman–Crippen MR) is 91.5 cm³/mol. The number of carbonyl (C=O) groups excluding carboxylic acids is 1. The molecule has 0 saturated carbocycles. The zero-order valence-corrected chi connectivity index (χ0v) is 14.3. The van der Waals surface area contributed by atoms with E-state index in [1.807, 2.05) is 12.1 Å². The van der Waals surface area contributed by atoms with Crippen LogP contribution in [0, 0.1) is 12.7 Å². The molecule has 0 radical (unpaired) electrons. The van der Waals surface area contributed by atoms with Crippen molar-refractivity contribution in [1.29, 1.82) is 0 Å². The molecule has 0 unspecified atom stereocenters. The van der Waals surface area contributed by atoms with E-state index in [9.17, 15) is 9.18 Å². The van der Waals surface area contributed by atoms with E-state index >= 15 is 0 Å². The lowest BCUT2D eigenvalue weighted by molar-refractivity contribution is -0.133. The van der Waals surface area contributed by atoms with Crippen LogP contribution in [0.1, 0.15) is 23.6 Å². The monoisotopic (exact) mass is 358 g/mol. The van der Waals surface area contributed by atoms with Crippen LogP contribution in [0.15, 0.2) is 51.5 Å². The number of hydroxylamine groups is 1. The molecule has 6 nitrogen and oxygen atoms in total. The standard InChI is InChI=1S/C19H19FN2O4/c1-13-17(21-19(26-13)15-8-2-3-9-16(15)20)12-18(23)22-25-11-5-7-14-6-4-10-24-14/h2-4,6,8-10H,5,7,11-12H2,1H3,(H,22,23). The Labute approximate surface area is 149 Å². The Bertz CT molecular complexity index is 858. The number of nitrogens with zero attached hydrogens (tertiary/aromatic N) is 1. The molecule has 0 aliphatic carbocycles. The lowest BCUT2D eigenvalue weighted by Gasteiger charge is -2.04. The van der Waals surface area contributed by atoms with Crippen LogP contribution in [-0.4, -0.2) is 17.5 Å². The van der Waals surface area contributed by atoms with Gasteiger partial charge in [-0.05, 0) is 37.6 Å². The van der Waals surface area contributed by atoms with Crippen LogP contribution >= 0.6 is 0 Å². The largest absolute Gasteiger partial charge is 0.469 e. The summed E-state index contributed by atoms with van der Waals surface area (Å²) in [6.45, 7) is 2.05. The number of nitrogens with one attached hydrogen (secondary N) is 1. The van der Waals surface area contributed by atoms with Crippen LogP contribution in [0.5, 0.6) is 0 Å². The lowest BCUT2D eigenvalue weighted by Crippen LogP contribution is -2.26. The van der Waals surface area contributed by atoms with Crippen molar-refractivity contribution in [3.05, 3.63) is 65.7 Å². The summed E-state index contributed by atoms with van der Waals surface area (Å²) in [5.74, 6) is 0.724. The smallest absolute Gasteiger partial charge is 0.249 e. The number of amides is 1. The van der Waals surface area contributed by atoms with Gasteiger partial charge in [0.15, 0.2) is 0 Å². The molecule has 1 N–H and O–H groups in total. The van der Waals surface area contributed by atoms with E-state index in [1.54, 1.807) is 31.4 Å². The van der Waals surface area contributed by atoms with E-state index in [4.69, 9.17) is 13.7 Å². The molecule has 7 heteroatoms. The van der Waals surface area contributed by atoms with Crippen LogP contribution < -0.4 is 5.48 Å². The third-order valence-corrected chi connectivity index (χ3v) is 3.76. The topological polar surface area (TPSA) is 77.5 Å². The minimum Gasteiger partial charge on any atom is -0.469 e. The highest BCUT2D eigenvalue weighted by Crippen LogP contribution is 2.24. The van der Waals surface area contributed by atoms with Gasteiger partial charge in [-0.1, -0.05) is 12.1 Å². The number of aryl methyl sites for hydroxylation is 2. The summed E-state index contributed by atoms with van der Waals surface area (Å²) >= 11 is 0. The van der Waals surface area contributed by atoms with Gasteiger partial charge in [0.05, 0.1) is 30.5 Å². The minimum atomic E-state index is -0.426. The number of hydrogen-bond acceptors (Lipinski definition) is 5. The zero-order chi connectivity index (χ0) is 18.4. The maximum atomic E-state index is 13.8. The first-order valence-electron chi connectivity index (χ1n) is 8.27. The average molecular weight is 358 g/mol. The summed E-state index contributed by atoms with van der Waals surface area (Å²) in [7, 11) is 0. The number of furan rings is 1. The Balaban J connectivity index is 1.48. The quantitative estimate of drug-likeness (QED) is 0.492. The van der Waals surface area contributed by atoms with Gasteiger partial charge in [-0.25, -0.2) is 14.9 Å². The number of halogens is 1. The Kier molecular flexibility index (Phi) is 5.80. The number of carbonyl (C=O) groups is 1. The number of rotatable bonds is 8. The SMILES string of the molecule is Cc1oc(-c2ccccc2F)nc1CC(=O)NOCCCc1ccco1. The second kappa shape index (κ2) is 8.44. The number of benzene rings is 1. The van der Waals surface area contributed by atoms with Crippen LogP contribution in [0.3, 0.4) is 0 Å². The summed E-state index contributed by atoms with van der Waals surface area (Å²) in [6, 6.07) is 9.91. The maximum absolute atomic E-state index is 13.8. The fraction of sp³-hybridized carbons (Fsp3) is 0.263. The van der Waals surface area contributed by atoms with Crippen molar-refractivity contribution in [2.75, 3.05) is 6.61 Å². The molecule has 2 aromatic heterocycles. The molecule has 3 aromatic rings. The highest BCUT2D eigenvalue weighted by atomic mass is 19.1. The average Bonchev–Trinajstić information content (AvgIpc) is 3.25. The van der Waals surface area contributed by atoms with Crippen molar-refractivity contribution in [3.63, 3.8) is 0 Å². The van der Waals surface area contributed by atoms with Crippen LogP contribution in [0.25, 0.3) is 11.5 Å². The van der Waals surface area contributed by atoms with Crippen LogP contribution in [0.4, 0.5) is 4.39 Å². The fourth-order valence-electron chi connectivity index (χ4n) is 2.43. The highest BCUT2D eigenvalue weighted by molar-refractivity contribution is 5.77. The molecule has 0 fully saturated rings. The summed E-state index contributed by atoms with van der Waals surface area (Å²) in [4.78, 5) is 21.3. The number of aromatic nitrogens is 1. The predicted octanol–water partition coefficient (Wildman–Crippen LogP) is 3.61. The van der Waals surface area contributed by atoms with Gasteiger partial charge in [0.2, 0.25) is 11.8 Å². The molecule has 2 heterocycles. The third-order valence-electron chi connectivity index (χ3n) is 3.76. The van der Waals surface area contributed by atoms with Crippen molar-refractivity contribution in [3.8, 4) is 11.5 Å². The molecule has 3 rings (SSSR count). The number of oxazole rings is 1.